The van der Waals surface area contributed by atoms with E-state index in [-0.39, 0.29) is 11.3 Å². The van der Waals surface area contributed by atoms with Crippen molar-refractivity contribution in [1.29, 1.82) is 0 Å². The topological polar surface area (TPSA) is 116 Å². The lowest BCUT2D eigenvalue weighted by molar-refractivity contribution is -0.387. The molecule has 1 amide bonds. The molecule has 1 aliphatic rings. The number of nitrogens with one attached hydrogen (secondary N) is 1. The fourth-order valence-electron chi connectivity index (χ4n) is 3.28. The van der Waals surface area contributed by atoms with Gasteiger partial charge in [0.2, 0.25) is 0 Å². The molecule has 3 aromatic rings. The standard InChI is InChI=1S/C19H20N6O3S2/c1-24-11-20-23-19(24)30-16-9-8-12(10-14(16)25(27)28)17(26)22-18-21-13-6-4-2-3-5-7-15(13)29-18/h8-11H,2-7H2,1H3,(H,21,22,26). The zero-order valence-electron chi connectivity index (χ0n) is 16.3. The van der Waals surface area contributed by atoms with E-state index in [2.05, 4.69) is 20.5 Å². The molecule has 0 radical (unpaired) electrons. The van der Waals surface area contributed by atoms with E-state index in [0.717, 1.165) is 43.1 Å². The Kier molecular flexibility index (Phi) is 6.09. The number of rotatable bonds is 5. The van der Waals surface area contributed by atoms with E-state index in [4.69, 9.17) is 0 Å². The van der Waals surface area contributed by atoms with Crippen molar-refractivity contribution in [3.63, 3.8) is 0 Å². The van der Waals surface area contributed by atoms with Gasteiger partial charge in [0.25, 0.3) is 11.6 Å². The second kappa shape index (κ2) is 8.92. The molecule has 0 bridgehead atoms. The number of nitro benzene ring substituents is 1. The number of carbonyl (C=O) groups is 1. The Morgan fingerprint density at radius 2 is 2.07 bits per heavy atom. The van der Waals surface area contributed by atoms with E-state index in [0.29, 0.717) is 15.2 Å². The summed E-state index contributed by atoms with van der Waals surface area (Å²) in [6.45, 7) is 0. The van der Waals surface area contributed by atoms with Crippen molar-refractivity contribution in [3.05, 3.63) is 50.8 Å². The maximum absolute atomic E-state index is 12.7. The third kappa shape index (κ3) is 4.51. The summed E-state index contributed by atoms with van der Waals surface area (Å²) in [4.78, 5) is 30.0. The SMILES string of the molecule is Cn1cnnc1Sc1ccc(C(=O)Nc2nc3c(s2)CCCCCC3)cc1[N+](=O)[O-]. The molecule has 0 aliphatic heterocycles. The second-order valence-corrected chi connectivity index (χ2v) is 9.12. The molecule has 0 saturated heterocycles. The number of nitrogens with zero attached hydrogens (tertiary/aromatic N) is 5. The van der Waals surface area contributed by atoms with Gasteiger partial charge in [-0.05, 0) is 49.6 Å². The maximum Gasteiger partial charge on any atom is 0.284 e. The second-order valence-electron chi connectivity index (χ2n) is 7.02. The number of hydrogen-bond acceptors (Lipinski definition) is 8. The van der Waals surface area contributed by atoms with E-state index < -0.39 is 10.8 Å². The van der Waals surface area contributed by atoms with Gasteiger partial charge >= 0.3 is 0 Å². The van der Waals surface area contributed by atoms with Crippen molar-refractivity contribution in [1.82, 2.24) is 19.7 Å². The van der Waals surface area contributed by atoms with Crippen LogP contribution in [0.1, 0.15) is 46.6 Å². The van der Waals surface area contributed by atoms with Gasteiger partial charge in [-0.3, -0.25) is 20.2 Å². The van der Waals surface area contributed by atoms with Crippen LogP contribution in [0.15, 0.2) is 34.6 Å². The Morgan fingerprint density at radius 1 is 1.27 bits per heavy atom. The average molecular weight is 445 g/mol. The summed E-state index contributed by atoms with van der Waals surface area (Å²) in [5.41, 5.74) is 1.13. The first-order valence-electron chi connectivity index (χ1n) is 9.61. The number of fused-ring (bicyclic) bond motifs is 1. The minimum atomic E-state index is -0.495. The molecule has 1 N–H and O–H groups in total. The predicted octanol–water partition coefficient (Wildman–Crippen LogP) is 4.24. The van der Waals surface area contributed by atoms with Crippen LogP contribution >= 0.6 is 23.1 Å². The van der Waals surface area contributed by atoms with Crippen molar-refractivity contribution in [2.75, 3.05) is 5.32 Å². The Labute approximate surface area is 181 Å². The molecule has 0 unspecified atom stereocenters. The first-order valence-corrected chi connectivity index (χ1v) is 11.2. The predicted molar refractivity (Wildman–Crippen MR) is 114 cm³/mol. The Bertz CT molecular complexity index is 1070. The van der Waals surface area contributed by atoms with Gasteiger partial charge < -0.3 is 4.57 Å². The lowest BCUT2D eigenvalue weighted by atomic mass is 10.0. The minimum Gasteiger partial charge on any atom is -0.311 e. The molecule has 0 spiro atoms. The molecule has 11 heteroatoms. The molecule has 30 heavy (non-hydrogen) atoms. The molecule has 4 rings (SSSR count). The number of carbonyl (C=O) groups excluding carboxylic acids is 1. The summed E-state index contributed by atoms with van der Waals surface area (Å²) in [6, 6.07) is 4.43. The van der Waals surface area contributed by atoms with Crippen molar-refractivity contribution >= 4 is 39.8 Å². The van der Waals surface area contributed by atoms with Gasteiger partial charge in [0.15, 0.2) is 10.3 Å². The zero-order valence-corrected chi connectivity index (χ0v) is 18.0. The number of aryl methyl sites for hydroxylation is 3. The van der Waals surface area contributed by atoms with E-state index in [1.807, 2.05) is 0 Å². The van der Waals surface area contributed by atoms with Crippen LogP contribution in [0.2, 0.25) is 0 Å². The van der Waals surface area contributed by atoms with Gasteiger partial charge in [0, 0.05) is 23.6 Å². The molecular formula is C19H20N6O3S2. The molecule has 1 aliphatic carbocycles. The van der Waals surface area contributed by atoms with Crippen LogP contribution in [0.5, 0.6) is 0 Å². The van der Waals surface area contributed by atoms with Gasteiger partial charge in [-0.2, -0.15) is 0 Å². The summed E-state index contributed by atoms with van der Waals surface area (Å²) in [6.07, 6.45) is 8.12. The van der Waals surface area contributed by atoms with Crippen LogP contribution in [0, 0.1) is 10.1 Å². The normalized spacial score (nSPS) is 13.9. The van der Waals surface area contributed by atoms with Gasteiger partial charge in [-0.1, -0.05) is 12.8 Å². The molecule has 9 nitrogen and oxygen atoms in total. The lowest BCUT2D eigenvalue weighted by Gasteiger charge is -2.06. The minimum absolute atomic E-state index is 0.151. The summed E-state index contributed by atoms with van der Waals surface area (Å²) >= 11 is 2.63. The molecular weight excluding hydrogens is 424 g/mol. The number of benzene rings is 1. The van der Waals surface area contributed by atoms with E-state index in [9.17, 15) is 14.9 Å². The van der Waals surface area contributed by atoms with Gasteiger partial charge in [-0.15, -0.1) is 21.5 Å². The molecule has 2 aromatic heterocycles. The maximum atomic E-state index is 12.7. The largest absolute Gasteiger partial charge is 0.311 e. The number of aromatic nitrogens is 4. The van der Waals surface area contributed by atoms with Crippen molar-refractivity contribution in [3.8, 4) is 0 Å². The summed E-state index contributed by atoms with van der Waals surface area (Å²) < 4.78 is 1.67. The molecule has 2 heterocycles. The van der Waals surface area contributed by atoms with Crippen LogP contribution in [0.25, 0.3) is 0 Å². The number of nitro groups is 1. The third-order valence-electron chi connectivity index (χ3n) is 4.86. The van der Waals surface area contributed by atoms with Crippen LogP contribution < -0.4 is 5.32 Å². The fraction of sp³-hybridized carbons (Fsp3) is 0.368. The fourth-order valence-corrected chi connectivity index (χ4v) is 5.17. The first-order chi connectivity index (χ1) is 14.5. The van der Waals surface area contributed by atoms with Crippen molar-refractivity contribution in [2.24, 2.45) is 7.05 Å². The van der Waals surface area contributed by atoms with Crippen LogP contribution in [0.4, 0.5) is 10.8 Å². The van der Waals surface area contributed by atoms with Gasteiger partial charge in [0.1, 0.15) is 6.33 Å². The highest BCUT2D eigenvalue weighted by atomic mass is 32.2. The highest BCUT2D eigenvalue weighted by Gasteiger charge is 2.21. The van der Waals surface area contributed by atoms with E-state index in [1.54, 1.807) is 23.7 Å². The smallest absolute Gasteiger partial charge is 0.284 e. The zero-order chi connectivity index (χ0) is 21.1. The molecule has 0 saturated carbocycles. The van der Waals surface area contributed by atoms with E-state index in [1.165, 1.54) is 41.4 Å². The monoisotopic (exact) mass is 444 g/mol. The Morgan fingerprint density at radius 3 is 2.80 bits per heavy atom. The van der Waals surface area contributed by atoms with Crippen molar-refractivity contribution in [2.45, 2.75) is 48.6 Å². The highest BCUT2D eigenvalue weighted by molar-refractivity contribution is 7.99. The number of hydrogen-bond donors (Lipinski definition) is 1. The van der Waals surface area contributed by atoms with Crippen LogP contribution in [-0.2, 0) is 19.9 Å². The summed E-state index contributed by atoms with van der Waals surface area (Å²) in [7, 11) is 1.76. The first kappa shape index (κ1) is 20.5. The Balaban J connectivity index is 1.54. The number of anilines is 1. The van der Waals surface area contributed by atoms with Crippen LogP contribution in [0.3, 0.4) is 0 Å². The van der Waals surface area contributed by atoms with Crippen molar-refractivity contribution < 1.29 is 9.72 Å². The quantitative estimate of drug-likeness (QED) is 0.462. The molecule has 156 valence electrons. The summed E-state index contributed by atoms with van der Waals surface area (Å²) in [5, 5.41) is 23.2. The highest BCUT2D eigenvalue weighted by Crippen LogP contribution is 2.34. The number of amides is 1. The lowest BCUT2D eigenvalue weighted by Crippen LogP contribution is -2.12. The van der Waals surface area contributed by atoms with Crippen LogP contribution in [-0.4, -0.2) is 30.6 Å². The Hall–Kier alpha value is -2.79. The van der Waals surface area contributed by atoms with Gasteiger partial charge in [-0.25, -0.2) is 4.98 Å². The third-order valence-corrected chi connectivity index (χ3v) is 7.05. The van der Waals surface area contributed by atoms with E-state index >= 15 is 0 Å². The van der Waals surface area contributed by atoms with Gasteiger partial charge in [0.05, 0.1) is 15.5 Å². The summed E-state index contributed by atoms with van der Waals surface area (Å²) in [5.74, 6) is -0.407. The average Bonchev–Trinajstić information content (AvgIpc) is 3.27. The number of thiazole rings is 1. The molecule has 1 aromatic carbocycles. The molecule has 0 fully saturated rings. The molecule has 0 atom stereocenters.